The Morgan fingerprint density at radius 3 is 2.81 bits per heavy atom. The molecule has 0 bridgehead atoms. The zero-order valence-corrected chi connectivity index (χ0v) is 13.5. The number of hydrogen-bond donors (Lipinski definition) is 1. The standard InChI is InChI=1S/C16H21N3OS/c1-4-17-16-18-13(9-21-16)12-7-8-14(10(2)3)19(15(12)20)11-5-6-11/h7-11H,4-6H2,1-3H3,(H,17,18). The van der Waals surface area contributed by atoms with Gasteiger partial charge in [-0.3, -0.25) is 4.79 Å². The largest absolute Gasteiger partial charge is 0.362 e. The third-order valence-corrected chi connectivity index (χ3v) is 4.56. The van der Waals surface area contributed by atoms with Gasteiger partial charge in [0.05, 0.1) is 11.3 Å². The molecule has 0 radical (unpaired) electrons. The van der Waals surface area contributed by atoms with Gasteiger partial charge in [-0.05, 0) is 37.8 Å². The molecule has 2 aromatic heterocycles. The van der Waals surface area contributed by atoms with E-state index in [4.69, 9.17) is 0 Å². The van der Waals surface area contributed by atoms with Crippen molar-refractivity contribution >= 4 is 16.5 Å². The summed E-state index contributed by atoms with van der Waals surface area (Å²) in [6, 6.07) is 4.41. The zero-order chi connectivity index (χ0) is 15.0. The third-order valence-electron chi connectivity index (χ3n) is 3.76. The third kappa shape index (κ3) is 2.75. The van der Waals surface area contributed by atoms with Crippen LogP contribution in [0.25, 0.3) is 11.3 Å². The Morgan fingerprint density at radius 1 is 1.43 bits per heavy atom. The molecule has 5 heteroatoms. The second kappa shape index (κ2) is 5.64. The molecule has 0 atom stereocenters. The molecule has 1 saturated carbocycles. The first-order valence-electron chi connectivity index (χ1n) is 7.57. The fourth-order valence-corrected chi connectivity index (χ4v) is 3.35. The Kier molecular flexibility index (Phi) is 3.85. The number of nitrogens with one attached hydrogen (secondary N) is 1. The van der Waals surface area contributed by atoms with Gasteiger partial charge in [-0.2, -0.15) is 0 Å². The maximum atomic E-state index is 12.9. The van der Waals surface area contributed by atoms with E-state index in [0.29, 0.717) is 17.5 Å². The van der Waals surface area contributed by atoms with Crippen LogP contribution >= 0.6 is 11.3 Å². The van der Waals surface area contributed by atoms with Crippen molar-refractivity contribution < 1.29 is 0 Å². The first-order chi connectivity index (χ1) is 10.1. The lowest BCUT2D eigenvalue weighted by atomic mass is 10.1. The molecule has 1 aliphatic carbocycles. The SMILES string of the molecule is CCNc1nc(-c2ccc(C(C)C)n(C3CC3)c2=O)cs1. The summed E-state index contributed by atoms with van der Waals surface area (Å²) in [6.45, 7) is 7.16. The van der Waals surface area contributed by atoms with Gasteiger partial charge in [-0.15, -0.1) is 11.3 Å². The minimum atomic E-state index is 0.108. The predicted molar refractivity (Wildman–Crippen MR) is 88.3 cm³/mol. The van der Waals surface area contributed by atoms with Crippen LogP contribution in [0, 0.1) is 0 Å². The number of anilines is 1. The summed E-state index contributed by atoms with van der Waals surface area (Å²) in [6.07, 6.45) is 2.23. The minimum absolute atomic E-state index is 0.108. The maximum Gasteiger partial charge on any atom is 0.260 e. The predicted octanol–water partition coefficient (Wildman–Crippen LogP) is 3.86. The van der Waals surface area contributed by atoms with Crippen molar-refractivity contribution in [3.05, 3.63) is 33.6 Å². The lowest BCUT2D eigenvalue weighted by Gasteiger charge is -2.16. The molecule has 1 aliphatic rings. The van der Waals surface area contributed by atoms with Crippen LogP contribution < -0.4 is 10.9 Å². The molecule has 0 spiro atoms. The first kappa shape index (κ1) is 14.3. The fourth-order valence-electron chi connectivity index (χ4n) is 2.57. The van der Waals surface area contributed by atoms with Gasteiger partial charge in [-0.25, -0.2) is 4.98 Å². The number of nitrogens with zero attached hydrogens (tertiary/aromatic N) is 2. The number of aromatic nitrogens is 2. The topological polar surface area (TPSA) is 46.9 Å². The lowest BCUT2D eigenvalue weighted by Crippen LogP contribution is -2.24. The van der Waals surface area contributed by atoms with Gasteiger partial charge < -0.3 is 9.88 Å². The molecule has 0 aliphatic heterocycles. The van der Waals surface area contributed by atoms with Crippen LogP contribution in [0.4, 0.5) is 5.13 Å². The summed E-state index contributed by atoms with van der Waals surface area (Å²) in [5, 5.41) is 6.03. The van der Waals surface area contributed by atoms with E-state index in [1.807, 2.05) is 22.9 Å². The molecule has 1 N–H and O–H groups in total. The van der Waals surface area contributed by atoms with Gasteiger partial charge in [0.25, 0.3) is 5.56 Å². The van der Waals surface area contributed by atoms with E-state index in [1.165, 1.54) is 0 Å². The highest BCUT2D eigenvalue weighted by molar-refractivity contribution is 7.14. The first-order valence-corrected chi connectivity index (χ1v) is 8.45. The van der Waals surface area contributed by atoms with Crippen LogP contribution in [0.5, 0.6) is 0 Å². The van der Waals surface area contributed by atoms with Gasteiger partial charge in [-0.1, -0.05) is 13.8 Å². The molecule has 1 fully saturated rings. The lowest BCUT2D eigenvalue weighted by molar-refractivity contribution is 0.627. The molecule has 21 heavy (non-hydrogen) atoms. The van der Waals surface area contributed by atoms with Crippen molar-refractivity contribution in [2.75, 3.05) is 11.9 Å². The molecule has 0 amide bonds. The van der Waals surface area contributed by atoms with E-state index in [-0.39, 0.29) is 5.56 Å². The highest BCUT2D eigenvalue weighted by atomic mass is 32.1. The van der Waals surface area contributed by atoms with Crippen molar-refractivity contribution in [1.29, 1.82) is 0 Å². The second-order valence-electron chi connectivity index (χ2n) is 5.80. The van der Waals surface area contributed by atoms with Gasteiger partial charge in [0.1, 0.15) is 0 Å². The van der Waals surface area contributed by atoms with E-state index >= 15 is 0 Å². The molecule has 0 aromatic carbocycles. The van der Waals surface area contributed by atoms with Gasteiger partial charge in [0.15, 0.2) is 5.13 Å². The van der Waals surface area contributed by atoms with Crippen LogP contribution in [0.1, 0.15) is 51.3 Å². The maximum absolute atomic E-state index is 12.9. The second-order valence-corrected chi connectivity index (χ2v) is 6.66. The Hall–Kier alpha value is -1.62. The molecule has 112 valence electrons. The molecular weight excluding hydrogens is 282 g/mol. The number of thiazole rings is 1. The van der Waals surface area contributed by atoms with Crippen LogP contribution in [-0.4, -0.2) is 16.1 Å². The Bertz CT molecular complexity index is 698. The minimum Gasteiger partial charge on any atom is -0.362 e. The van der Waals surface area contributed by atoms with E-state index in [1.54, 1.807) is 11.3 Å². The summed E-state index contributed by atoms with van der Waals surface area (Å²) in [5.41, 5.74) is 2.74. The highest BCUT2D eigenvalue weighted by Gasteiger charge is 2.28. The average molecular weight is 303 g/mol. The molecular formula is C16H21N3OS. The van der Waals surface area contributed by atoms with Crippen LogP contribution in [0.15, 0.2) is 22.3 Å². The summed E-state index contributed by atoms with van der Waals surface area (Å²) in [4.78, 5) is 17.4. The van der Waals surface area contributed by atoms with Crippen molar-refractivity contribution in [3.63, 3.8) is 0 Å². The smallest absolute Gasteiger partial charge is 0.260 e. The van der Waals surface area contributed by atoms with Crippen LogP contribution in [-0.2, 0) is 0 Å². The van der Waals surface area contributed by atoms with Crippen molar-refractivity contribution in [3.8, 4) is 11.3 Å². The normalized spacial score (nSPS) is 14.7. The Balaban J connectivity index is 2.06. The Morgan fingerprint density at radius 2 is 2.19 bits per heavy atom. The van der Waals surface area contributed by atoms with Crippen molar-refractivity contribution in [1.82, 2.24) is 9.55 Å². The quantitative estimate of drug-likeness (QED) is 0.912. The summed E-state index contributed by atoms with van der Waals surface area (Å²) >= 11 is 1.55. The average Bonchev–Trinajstić information content (AvgIpc) is 3.18. The van der Waals surface area contributed by atoms with Gasteiger partial charge in [0, 0.05) is 23.7 Å². The number of rotatable bonds is 5. The van der Waals surface area contributed by atoms with Crippen LogP contribution in [0.3, 0.4) is 0 Å². The molecule has 2 heterocycles. The molecule has 0 saturated heterocycles. The molecule has 4 nitrogen and oxygen atoms in total. The van der Waals surface area contributed by atoms with Gasteiger partial charge >= 0.3 is 0 Å². The van der Waals surface area contributed by atoms with E-state index in [2.05, 4.69) is 30.2 Å². The summed E-state index contributed by atoms with van der Waals surface area (Å²) in [7, 11) is 0. The van der Waals surface area contributed by atoms with Crippen LogP contribution in [0.2, 0.25) is 0 Å². The molecule has 0 unspecified atom stereocenters. The summed E-state index contributed by atoms with van der Waals surface area (Å²) in [5.74, 6) is 0.361. The monoisotopic (exact) mass is 303 g/mol. The van der Waals surface area contributed by atoms with Gasteiger partial charge in [0.2, 0.25) is 0 Å². The highest BCUT2D eigenvalue weighted by Crippen LogP contribution is 2.36. The van der Waals surface area contributed by atoms with Crippen molar-refractivity contribution in [2.45, 2.75) is 45.6 Å². The number of hydrogen-bond acceptors (Lipinski definition) is 4. The Labute approximate surface area is 128 Å². The number of pyridine rings is 1. The van der Waals surface area contributed by atoms with E-state index in [9.17, 15) is 4.79 Å². The fraction of sp³-hybridized carbons (Fsp3) is 0.500. The molecule has 3 rings (SSSR count). The zero-order valence-electron chi connectivity index (χ0n) is 12.7. The van der Waals surface area contributed by atoms with E-state index in [0.717, 1.165) is 35.9 Å². The van der Waals surface area contributed by atoms with Crippen molar-refractivity contribution in [2.24, 2.45) is 0 Å². The summed E-state index contributed by atoms with van der Waals surface area (Å²) < 4.78 is 1.99. The molecule has 2 aromatic rings. The van der Waals surface area contributed by atoms with E-state index < -0.39 is 0 Å².